The molecule has 0 aliphatic rings. The fourth-order valence-electron chi connectivity index (χ4n) is 1.15. The van der Waals surface area contributed by atoms with E-state index in [4.69, 9.17) is 10.5 Å². The number of ether oxygens (including phenoxy) is 1. The summed E-state index contributed by atoms with van der Waals surface area (Å²) in [5, 5.41) is 0. The van der Waals surface area contributed by atoms with Crippen molar-refractivity contribution in [2.24, 2.45) is 0 Å². The minimum atomic E-state index is -0.967. The maximum atomic E-state index is 12.9. The molecule has 0 bridgehead atoms. The van der Waals surface area contributed by atoms with Crippen LogP contribution in [0.4, 0.5) is 14.5 Å². The van der Waals surface area contributed by atoms with E-state index in [1.165, 1.54) is 24.5 Å². The molecule has 5 heteroatoms. The van der Waals surface area contributed by atoms with Gasteiger partial charge in [-0.25, -0.2) is 8.78 Å². The van der Waals surface area contributed by atoms with Crippen LogP contribution in [0.25, 0.3) is 0 Å². The highest BCUT2D eigenvalue weighted by molar-refractivity contribution is 5.51. The summed E-state index contributed by atoms with van der Waals surface area (Å²) in [7, 11) is 0. The zero-order valence-electron chi connectivity index (χ0n) is 8.15. The lowest BCUT2D eigenvalue weighted by Gasteiger charge is -2.07. The second-order valence-corrected chi connectivity index (χ2v) is 3.09. The van der Waals surface area contributed by atoms with Gasteiger partial charge in [-0.05, 0) is 12.1 Å². The van der Waals surface area contributed by atoms with Gasteiger partial charge in [0.05, 0.1) is 11.9 Å². The molecule has 0 spiro atoms. The van der Waals surface area contributed by atoms with Crippen LogP contribution in [0.15, 0.2) is 36.7 Å². The zero-order chi connectivity index (χ0) is 11.5. The maximum Gasteiger partial charge on any atom is 0.162 e. The van der Waals surface area contributed by atoms with Crippen molar-refractivity contribution in [3.8, 4) is 11.5 Å². The summed E-state index contributed by atoms with van der Waals surface area (Å²) in [5.74, 6) is -1.36. The Bertz CT molecular complexity index is 517. The Balaban J connectivity index is 2.28. The fraction of sp³-hybridized carbons (Fsp3) is 0. The molecule has 0 atom stereocenters. The van der Waals surface area contributed by atoms with Crippen LogP contribution in [0, 0.1) is 11.6 Å². The molecule has 1 aromatic carbocycles. The van der Waals surface area contributed by atoms with Crippen LogP contribution in [0.3, 0.4) is 0 Å². The van der Waals surface area contributed by atoms with Crippen LogP contribution in [0.1, 0.15) is 0 Å². The standard InChI is InChI=1S/C11H8F2N2O/c12-8-2-1-7(5-9(8)13)16-11-3-4-15-6-10(11)14/h1-6H,14H2. The Morgan fingerprint density at radius 3 is 2.62 bits per heavy atom. The molecule has 2 N–H and O–H groups in total. The Hall–Kier alpha value is -2.17. The number of benzene rings is 1. The first-order chi connectivity index (χ1) is 7.66. The molecular weight excluding hydrogens is 214 g/mol. The highest BCUT2D eigenvalue weighted by atomic mass is 19.2. The predicted octanol–water partition coefficient (Wildman–Crippen LogP) is 2.73. The highest BCUT2D eigenvalue weighted by Crippen LogP contribution is 2.26. The van der Waals surface area contributed by atoms with Gasteiger partial charge in [0.2, 0.25) is 0 Å². The summed E-state index contributed by atoms with van der Waals surface area (Å²) in [6.45, 7) is 0. The van der Waals surface area contributed by atoms with E-state index in [1.807, 2.05) is 0 Å². The second-order valence-electron chi connectivity index (χ2n) is 3.09. The van der Waals surface area contributed by atoms with Crippen LogP contribution in [-0.2, 0) is 0 Å². The summed E-state index contributed by atoms with van der Waals surface area (Å²) >= 11 is 0. The van der Waals surface area contributed by atoms with Gasteiger partial charge in [0.25, 0.3) is 0 Å². The number of hydrogen-bond acceptors (Lipinski definition) is 3. The molecule has 0 aliphatic heterocycles. The number of halogens is 2. The molecule has 0 saturated heterocycles. The molecule has 0 fully saturated rings. The van der Waals surface area contributed by atoms with Gasteiger partial charge in [0, 0.05) is 18.3 Å². The first kappa shape index (κ1) is 10.4. The van der Waals surface area contributed by atoms with Crippen LogP contribution >= 0.6 is 0 Å². The first-order valence-corrected chi connectivity index (χ1v) is 4.49. The van der Waals surface area contributed by atoms with E-state index in [1.54, 1.807) is 0 Å². The number of rotatable bonds is 2. The topological polar surface area (TPSA) is 48.1 Å². The lowest BCUT2D eigenvalue weighted by Crippen LogP contribution is -1.93. The SMILES string of the molecule is Nc1cnccc1Oc1ccc(F)c(F)c1. The molecule has 1 aromatic heterocycles. The number of nitrogens with zero attached hydrogens (tertiary/aromatic N) is 1. The third-order valence-electron chi connectivity index (χ3n) is 1.93. The van der Waals surface area contributed by atoms with E-state index >= 15 is 0 Å². The minimum absolute atomic E-state index is 0.178. The van der Waals surface area contributed by atoms with Crippen LogP contribution < -0.4 is 10.5 Å². The van der Waals surface area contributed by atoms with Crippen molar-refractivity contribution >= 4 is 5.69 Å². The second kappa shape index (κ2) is 4.14. The van der Waals surface area contributed by atoms with Crippen molar-refractivity contribution in [1.82, 2.24) is 4.98 Å². The third kappa shape index (κ3) is 2.08. The summed E-state index contributed by atoms with van der Waals surface area (Å²) < 4.78 is 30.8. The molecule has 3 nitrogen and oxygen atoms in total. The Kier molecular flexibility index (Phi) is 2.68. The van der Waals surface area contributed by atoms with Gasteiger partial charge in [-0.1, -0.05) is 0 Å². The van der Waals surface area contributed by atoms with Crippen molar-refractivity contribution < 1.29 is 13.5 Å². The average Bonchev–Trinajstić information content (AvgIpc) is 2.27. The van der Waals surface area contributed by atoms with Crippen LogP contribution in [0.2, 0.25) is 0 Å². The minimum Gasteiger partial charge on any atom is -0.455 e. The van der Waals surface area contributed by atoms with Crippen molar-refractivity contribution in [1.29, 1.82) is 0 Å². The van der Waals surface area contributed by atoms with E-state index < -0.39 is 11.6 Å². The van der Waals surface area contributed by atoms with E-state index in [-0.39, 0.29) is 5.75 Å². The molecule has 82 valence electrons. The summed E-state index contributed by atoms with van der Waals surface area (Å²) in [6.07, 6.45) is 2.90. The maximum absolute atomic E-state index is 12.9. The molecule has 0 amide bonds. The lowest BCUT2D eigenvalue weighted by molar-refractivity contribution is 0.462. The number of pyridine rings is 1. The van der Waals surface area contributed by atoms with E-state index in [0.717, 1.165) is 12.1 Å². The summed E-state index contributed by atoms with van der Waals surface area (Å²) in [5.41, 5.74) is 5.91. The molecule has 0 aliphatic carbocycles. The monoisotopic (exact) mass is 222 g/mol. The highest BCUT2D eigenvalue weighted by Gasteiger charge is 2.05. The van der Waals surface area contributed by atoms with Crippen molar-refractivity contribution in [2.75, 3.05) is 5.73 Å². The van der Waals surface area contributed by atoms with Gasteiger partial charge in [0.1, 0.15) is 5.75 Å². The van der Waals surface area contributed by atoms with Crippen molar-refractivity contribution in [3.63, 3.8) is 0 Å². The lowest BCUT2D eigenvalue weighted by atomic mass is 10.3. The molecule has 2 aromatic rings. The molecule has 0 unspecified atom stereocenters. The zero-order valence-corrected chi connectivity index (χ0v) is 8.15. The Morgan fingerprint density at radius 2 is 1.94 bits per heavy atom. The van der Waals surface area contributed by atoms with Gasteiger partial charge in [-0.2, -0.15) is 0 Å². The summed E-state index contributed by atoms with van der Waals surface area (Å²) in [6, 6.07) is 4.80. The molecule has 16 heavy (non-hydrogen) atoms. The normalized spacial score (nSPS) is 10.1. The number of nitrogens with two attached hydrogens (primary N) is 1. The molecule has 0 radical (unpaired) electrons. The smallest absolute Gasteiger partial charge is 0.162 e. The molecule has 2 rings (SSSR count). The number of anilines is 1. The van der Waals surface area contributed by atoms with E-state index in [2.05, 4.69) is 4.98 Å². The number of hydrogen-bond donors (Lipinski definition) is 1. The fourth-order valence-corrected chi connectivity index (χ4v) is 1.15. The van der Waals surface area contributed by atoms with Crippen LogP contribution in [0.5, 0.6) is 11.5 Å². The molecule has 1 heterocycles. The molecule has 0 saturated carbocycles. The first-order valence-electron chi connectivity index (χ1n) is 4.49. The van der Waals surface area contributed by atoms with Gasteiger partial charge in [-0.3, -0.25) is 4.98 Å². The quantitative estimate of drug-likeness (QED) is 0.849. The largest absolute Gasteiger partial charge is 0.455 e. The predicted molar refractivity (Wildman–Crippen MR) is 55.1 cm³/mol. The van der Waals surface area contributed by atoms with Crippen LogP contribution in [-0.4, -0.2) is 4.98 Å². The van der Waals surface area contributed by atoms with Gasteiger partial charge >= 0.3 is 0 Å². The summed E-state index contributed by atoms with van der Waals surface area (Å²) in [4.78, 5) is 3.78. The van der Waals surface area contributed by atoms with Gasteiger partial charge in [-0.15, -0.1) is 0 Å². The molecular formula is C11H8F2N2O. The van der Waals surface area contributed by atoms with E-state index in [9.17, 15) is 8.78 Å². The average molecular weight is 222 g/mol. The van der Waals surface area contributed by atoms with Crippen molar-refractivity contribution in [3.05, 3.63) is 48.3 Å². The third-order valence-corrected chi connectivity index (χ3v) is 1.93. The van der Waals surface area contributed by atoms with Gasteiger partial charge < -0.3 is 10.5 Å². The Labute approximate surface area is 90.5 Å². The van der Waals surface area contributed by atoms with E-state index in [0.29, 0.717) is 11.4 Å². The number of aromatic nitrogens is 1. The Morgan fingerprint density at radius 1 is 1.12 bits per heavy atom. The van der Waals surface area contributed by atoms with Crippen molar-refractivity contribution in [2.45, 2.75) is 0 Å². The number of nitrogen functional groups attached to an aromatic ring is 1. The van der Waals surface area contributed by atoms with Gasteiger partial charge in [0.15, 0.2) is 17.4 Å².